The topological polar surface area (TPSA) is 77.5 Å². The van der Waals surface area contributed by atoms with Gasteiger partial charge in [-0.05, 0) is 29.8 Å². The van der Waals surface area contributed by atoms with E-state index in [0.29, 0.717) is 10.9 Å². The van der Waals surface area contributed by atoms with Gasteiger partial charge in [-0.3, -0.25) is 10.1 Å². The molecule has 0 spiro atoms. The van der Waals surface area contributed by atoms with Gasteiger partial charge in [-0.25, -0.2) is 9.78 Å². The standard InChI is InChI=1S/C24H20N2O4S/c1-15(22(27)26-24-25-20(14-31-24)16-8-4-3-5-9-16)30-23(28)19-12-17-10-6-7-11-18(17)13-21(19)29-2/h3-15H,1-2H3,(H,25,26,27)/t15-/m0/s1. The van der Waals surface area contributed by atoms with Gasteiger partial charge < -0.3 is 9.47 Å². The van der Waals surface area contributed by atoms with E-state index in [-0.39, 0.29) is 5.56 Å². The van der Waals surface area contributed by atoms with E-state index < -0.39 is 18.0 Å². The van der Waals surface area contributed by atoms with Crippen LogP contribution < -0.4 is 10.1 Å². The monoisotopic (exact) mass is 432 g/mol. The number of benzene rings is 3. The Morgan fingerprint density at radius 2 is 1.68 bits per heavy atom. The van der Waals surface area contributed by atoms with Gasteiger partial charge in [0, 0.05) is 10.9 Å². The first-order chi connectivity index (χ1) is 15.0. The lowest BCUT2D eigenvalue weighted by molar-refractivity contribution is -0.123. The highest BCUT2D eigenvalue weighted by molar-refractivity contribution is 7.14. The van der Waals surface area contributed by atoms with E-state index in [1.165, 1.54) is 25.4 Å². The van der Waals surface area contributed by atoms with Gasteiger partial charge in [0.2, 0.25) is 0 Å². The van der Waals surface area contributed by atoms with E-state index in [2.05, 4.69) is 10.3 Å². The number of nitrogens with one attached hydrogen (secondary N) is 1. The number of nitrogens with zero attached hydrogens (tertiary/aromatic N) is 1. The minimum Gasteiger partial charge on any atom is -0.496 e. The van der Waals surface area contributed by atoms with E-state index in [0.717, 1.165) is 22.0 Å². The summed E-state index contributed by atoms with van der Waals surface area (Å²) < 4.78 is 10.7. The average molecular weight is 433 g/mol. The second-order valence-corrected chi connectivity index (χ2v) is 7.70. The molecule has 1 N–H and O–H groups in total. The van der Waals surface area contributed by atoms with Crippen LogP contribution in [0.4, 0.5) is 5.13 Å². The number of amides is 1. The maximum absolute atomic E-state index is 12.7. The van der Waals surface area contributed by atoms with Crippen LogP contribution in [-0.2, 0) is 9.53 Å². The first-order valence-electron chi connectivity index (χ1n) is 9.64. The molecular formula is C24H20N2O4S. The number of thiazole rings is 1. The van der Waals surface area contributed by atoms with Crippen molar-refractivity contribution in [2.45, 2.75) is 13.0 Å². The molecular weight excluding hydrogens is 412 g/mol. The molecule has 0 aliphatic heterocycles. The summed E-state index contributed by atoms with van der Waals surface area (Å²) in [7, 11) is 1.49. The number of carbonyl (C=O) groups excluding carboxylic acids is 2. The van der Waals surface area contributed by atoms with Crippen molar-refractivity contribution in [1.82, 2.24) is 4.98 Å². The fourth-order valence-electron chi connectivity index (χ4n) is 3.11. The first-order valence-corrected chi connectivity index (χ1v) is 10.5. The van der Waals surface area contributed by atoms with E-state index >= 15 is 0 Å². The van der Waals surface area contributed by atoms with Crippen molar-refractivity contribution >= 4 is 39.1 Å². The molecule has 0 aliphatic rings. The summed E-state index contributed by atoms with van der Waals surface area (Å²) in [5, 5.41) is 6.83. The van der Waals surface area contributed by atoms with Crippen LogP contribution >= 0.6 is 11.3 Å². The fourth-order valence-corrected chi connectivity index (χ4v) is 3.83. The molecule has 4 aromatic rings. The highest BCUT2D eigenvalue weighted by Crippen LogP contribution is 2.27. The third kappa shape index (κ3) is 4.57. The summed E-state index contributed by atoms with van der Waals surface area (Å²) in [5.74, 6) is -0.694. The fraction of sp³-hybridized carbons (Fsp3) is 0.125. The summed E-state index contributed by atoms with van der Waals surface area (Å²) in [5.41, 5.74) is 2.00. The van der Waals surface area contributed by atoms with Gasteiger partial charge in [0.05, 0.1) is 12.8 Å². The van der Waals surface area contributed by atoms with Crippen LogP contribution in [-0.4, -0.2) is 30.1 Å². The Hall–Kier alpha value is -3.71. The van der Waals surface area contributed by atoms with Crippen molar-refractivity contribution in [2.24, 2.45) is 0 Å². The maximum Gasteiger partial charge on any atom is 0.342 e. The molecule has 1 atom stereocenters. The van der Waals surface area contributed by atoms with Crippen LogP contribution in [0, 0.1) is 0 Å². The van der Waals surface area contributed by atoms with E-state index in [1.54, 1.807) is 12.1 Å². The molecule has 1 amide bonds. The number of hydrogen-bond acceptors (Lipinski definition) is 6. The molecule has 7 heteroatoms. The molecule has 3 aromatic carbocycles. The van der Waals surface area contributed by atoms with Crippen molar-refractivity contribution in [3.63, 3.8) is 0 Å². The number of carbonyl (C=O) groups is 2. The van der Waals surface area contributed by atoms with Gasteiger partial charge in [0.25, 0.3) is 5.91 Å². The molecule has 0 saturated carbocycles. The van der Waals surface area contributed by atoms with E-state index in [4.69, 9.17) is 9.47 Å². The second-order valence-electron chi connectivity index (χ2n) is 6.84. The predicted octanol–water partition coefficient (Wildman–Crippen LogP) is 5.16. The largest absolute Gasteiger partial charge is 0.496 e. The van der Waals surface area contributed by atoms with Gasteiger partial charge in [0.1, 0.15) is 11.3 Å². The molecule has 1 heterocycles. The summed E-state index contributed by atoms with van der Waals surface area (Å²) >= 11 is 1.31. The average Bonchev–Trinajstić information content (AvgIpc) is 3.27. The van der Waals surface area contributed by atoms with Crippen LogP contribution in [0.25, 0.3) is 22.0 Å². The molecule has 0 aliphatic carbocycles. The number of fused-ring (bicyclic) bond motifs is 1. The minimum absolute atomic E-state index is 0.265. The Kier molecular flexibility index (Phi) is 5.95. The summed E-state index contributed by atoms with van der Waals surface area (Å²) in [6, 6.07) is 20.8. The lowest BCUT2D eigenvalue weighted by Gasteiger charge is -2.14. The number of rotatable bonds is 6. The molecule has 0 unspecified atom stereocenters. The normalized spacial score (nSPS) is 11.7. The zero-order valence-electron chi connectivity index (χ0n) is 17.0. The van der Waals surface area contributed by atoms with Gasteiger partial charge in [-0.1, -0.05) is 54.6 Å². The molecule has 1 aromatic heterocycles. The number of hydrogen-bond donors (Lipinski definition) is 1. The summed E-state index contributed by atoms with van der Waals surface area (Å²) in [4.78, 5) is 29.7. The lowest BCUT2D eigenvalue weighted by Crippen LogP contribution is -2.30. The van der Waals surface area contributed by atoms with Crippen molar-refractivity contribution in [3.05, 3.63) is 77.7 Å². The van der Waals surface area contributed by atoms with Crippen LogP contribution in [0.1, 0.15) is 17.3 Å². The van der Waals surface area contributed by atoms with E-state index in [1.807, 2.05) is 60.0 Å². The highest BCUT2D eigenvalue weighted by Gasteiger charge is 2.23. The van der Waals surface area contributed by atoms with Crippen molar-refractivity contribution in [2.75, 3.05) is 12.4 Å². The van der Waals surface area contributed by atoms with E-state index in [9.17, 15) is 9.59 Å². The van der Waals surface area contributed by atoms with Crippen LogP contribution in [0.2, 0.25) is 0 Å². The molecule has 31 heavy (non-hydrogen) atoms. The minimum atomic E-state index is -1.01. The first kappa shape index (κ1) is 20.6. The number of aromatic nitrogens is 1. The quantitative estimate of drug-likeness (QED) is 0.426. The Bertz CT molecular complexity index is 1240. The SMILES string of the molecule is COc1cc2ccccc2cc1C(=O)O[C@@H](C)C(=O)Nc1nc(-c2ccccc2)cs1. The predicted molar refractivity (Wildman–Crippen MR) is 122 cm³/mol. The smallest absolute Gasteiger partial charge is 0.342 e. The van der Waals surface area contributed by atoms with Gasteiger partial charge >= 0.3 is 5.97 Å². The Morgan fingerprint density at radius 3 is 2.39 bits per heavy atom. The molecule has 0 radical (unpaired) electrons. The van der Waals surface area contributed by atoms with Crippen LogP contribution in [0.5, 0.6) is 5.75 Å². The molecule has 0 fully saturated rings. The Labute approximate surface area is 183 Å². The van der Waals surface area contributed by atoms with Gasteiger partial charge in [-0.2, -0.15) is 0 Å². The Balaban J connectivity index is 1.45. The second kappa shape index (κ2) is 8.97. The number of esters is 1. The molecule has 0 saturated heterocycles. The number of anilines is 1. The zero-order valence-corrected chi connectivity index (χ0v) is 17.8. The Morgan fingerprint density at radius 1 is 1.00 bits per heavy atom. The highest BCUT2D eigenvalue weighted by atomic mass is 32.1. The molecule has 0 bridgehead atoms. The molecule has 6 nitrogen and oxygen atoms in total. The van der Waals surface area contributed by atoms with Crippen molar-refractivity contribution < 1.29 is 19.1 Å². The molecule has 156 valence electrons. The summed E-state index contributed by atoms with van der Waals surface area (Å²) in [6.07, 6.45) is -1.01. The van der Waals surface area contributed by atoms with Crippen molar-refractivity contribution in [3.8, 4) is 17.0 Å². The maximum atomic E-state index is 12.7. The number of ether oxygens (including phenoxy) is 2. The zero-order chi connectivity index (χ0) is 21.8. The van der Waals surface area contributed by atoms with Crippen molar-refractivity contribution in [1.29, 1.82) is 0 Å². The molecule has 4 rings (SSSR count). The lowest BCUT2D eigenvalue weighted by atomic mass is 10.1. The third-order valence-corrected chi connectivity index (χ3v) is 5.50. The number of methoxy groups -OCH3 is 1. The third-order valence-electron chi connectivity index (χ3n) is 4.74. The van der Waals surface area contributed by atoms with Gasteiger partial charge in [0.15, 0.2) is 11.2 Å². The van der Waals surface area contributed by atoms with Gasteiger partial charge in [-0.15, -0.1) is 11.3 Å². The summed E-state index contributed by atoms with van der Waals surface area (Å²) in [6.45, 7) is 1.52. The van der Waals surface area contributed by atoms with Crippen LogP contribution in [0.3, 0.4) is 0 Å². The van der Waals surface area contributed by atoms with Crippen LogP contribution in [0.15, 0.2) is 72.1 Å².